The number of hydrogen-bond acceptors (Lipinski definition) is 3. The number of anilines is 1. The monoisotopic (exact) mass is 227 g/mol. The molecule has 15 heavy (non-hydrogen) atoms. The van der Waals surface area contributed by atoms with E-state index in [1.54, 1.807) is 0 Å². The van der Waals surface area contributed by atoms with Crippen LogP contribution in [0.2, 0.25) is 5.15 Å². The SMILES string of the molecule is CCCN(c1cc(Cl)nc(C)n1)C(C)C. The summed E-state index contributed by atoms with van der Waals surface area (Å²) in [4.78, 5) is 10.7. The number of aromatic nitrogens is 2. The van der Waals surface area contributed by atoms with Crippen LogP contribution in [-0.2, 0) is 0 Å². The van der Waals surface area contributed by atoms with E-state index < -0.39 is 0 Å². The molecule has 1 heterocycles. The molecule has 0 spiro atoms. The van der Waals surface area contributed by atoms with Gasteiger partial charge in [0.05, 0.1) is 0 Å². The fourth-order valence-electron chi connectivity index (χ4n) is 1.54. The van der Waals surface area contributed by atoms with E-state index in [0.29, 0.717) is 11.2 Å². The fourth-order valence-corrected chi connectivity index (χ4v) is 1.76. The van der Waals surface area contributed by atoms with Gasteiger partial charge in [-0.3, -0.25) is 0 Å². The van der Waals surface area contributed by atoms with E-state index in [-0.39, 0.29) is 0 Å². The van der Waals surface area contributed by atoms with Gasteiger partial charge in [0, 0.05) is 18.7 Å². The van der Waals surface area contributed by atoms with E-state index in [1.807, 2.05) is 13.0 Å². The number of rotatable bonds is 4. The number of halogens is 1. The summed E-state index contributed by atoms with van der Waals surface area (Å²) in [5.74, 6) is 1.64. The standard InChI is InChI=1S/C11H18ClN3/c1-5-6-15(8(2)3)11-7-10(12)13-9(4)14-11/h7-8H,5-6H2,1-4H3. The number of nitrogens with zero attached hydrogens (tertiary/aromatic N) is 3. The predicted molar refractivity (Wildman–Crippen MR) is 64.6 cm³/mol. The molecule has 1 aromatic heterocycles. The summed E-state index contributed by atoms with van der Waals surface area (Å²) in [6, 6.07) is 2.25. The largest absolute Gasteiger partial charge is 0.354 e. The summed E-state index contributed by atoms with van der Waals surface area (Å²) in [5.41, 5.74) is 0. The van der Waals surface area contributed by atoms with Gasteiger partial charge in [0.2, 0.25) is 0 Å². The Kier molecular flexibility index (Phi) is 4.33. The van der Waals surface area contributed by atoms with Crippen LogP contribution in [0, 0.1) is 6.92 Å². The zero-order valence-corrected chi connectivity index (χ0v) is 10.5. The molecule has 0 N–H and O–H groups in total. The van der Waals surface area contributed by atoms with E-state index in [1.165, 1.54) is 0 Å². The summed E-state index contributed by atoms with van der Waals surface area (Å²) in [6.45, 7) is 9.32. The van der Waals surface area contributed by atoms with Crippen molar-refractivity contribution in [1.82, 2.24) is 9.97 Å². The van der Waals surface area contributed by atoms with Crippen molar-refractivity contribution in [2.75, 3.05) is 11.4 Å². The molecule has 0 aliphatic heterocycles. The minimum Gasteiger partial charge on any atom is -0.354 e. The van der Waals surface area contributed by atoms with Crippen molar-refractivity contribution >= 4 is 17.4 Å². The first-order valence-corrected chi connectivity index (χ1v) is 5.70. The van der Waals surface area contributed by atoms with Crippen molar-refractivity contribution in [2.24, 2.45) is 0 Å². The fraction of sp³-hybridized carbons (Fsp3) is 0.636. The molecule has 0 saturated carbocycles. The molecule has 4 heteroatoms. The van der Waals surface area contributed by atoms with Crippen LogP contribution < -0.4 is 4.90 Å². The molecule has 0 amide bonds. The van der Waals surface area contributed by atoms with Crippen molar-refractivity contribution in [1.29, 1.82) is 0 Å². The van der Waals surface area contributed by atoms with E-state index in [2.05, 4.69) is 35.6 Å². The lowest BCUT2D eigenvalue weighted by atomic mass is 10.3. The molecule has 0 aliphatic carbocycles. The van der Waals surface area contributed by atoms with Gasteiger partial charge in [-0.1, -0.05) is 18.5 Å². The highest BCUT2D eigenvalue weighted by molar-refractivity contribution is 6.29. The molecule has 0 radical (unpaired) electrons. The summed E-state index contributed by atoms with van der Waals surface area (Å²) in [6.07, 6.45) is 1.10. The Morgan fingerprint density at radius 3 is 2.53 bits per heavy atom. The minimum atomic E-state index is 0.426. The summed E-state index contributed by atoms with van der Waals surface area (Å²) in [5, 5.41) is 0.513. The molecular formula is C11H18ClN3. The number of aryl methyl sites for hydroxylation is 1. The maximum atomic E-state index is 5.92. The maximum Gasteiger partial charge on any atom is 0.134 e. The average molecular weight is 228 g/mol. The maximum absolute atomic E-state index is 5.92. The highest BCUT2D eigenvalue weighted by Gasteiger charge is 2.12. The average Bonchev–Trinajstić information content (AvgIpc) is 2.11. The van der Waals surface area contributed by atoms with Gasteiger partial charge in [-0.25, -0.2) is 9.97 Å². The van der Waals surface area contributed by atoms with Crippen LogP contribution in [0.1, 0.15) is 33.0 Å². The molecule has 0 fully saturated rings. The van der Waals surface area contributed by atoms with E-state index in [0.717, 1.165) is 24.6 Å². The minimum absolute atomic E-state index is 0.426. The van der Waals surface area contributed by atoms with E-state index in [9.17, 15) is 0 Å². The molecule has 3 nitrogen and oxygen atoms in total. The Labute approximate surface area is 96.5 Å². The van der Waals surface area contributed by atoms with Gasteiger partial charge >= 0.3 is 0 Å². The van der Waals surface area contributed by atoms with Crippen LogP contribution in [0.25, 0.3) is 0 Å². The van der Waals surface area contributed by atoms with Crippen LogP contribution in [0.3, 0.4) is 0 Å². The van der Waals surface area contributed by atoms with Crippen molar-refractivity contribution in [3.63, 3.8) is 0 Å². The third kappa shape index (κ3) is 3.34. The molecule has 84 valence electrons. The quantitative estimate of drug-likeness (QED) is 0.741. The Bertz CT molecular complexity index is 305. The number of hydrogen-bond donors (Lipinski definition) is 0. The van der Waals surface area contributed by atoms with Crippen LogP contribution in [0.4, 0.5) is 5.82 Å². The second kappa shape index (κ2) is 5.31. The first-order valence-electron chi connectivity index (χ1n) is 5.32. The van der Waals surface area contributed by atoms with Crippen molar-refractivity contribution in [3.8, 4) is 0 Å². The summed E-state index contributed by atoms with van der Waals surface area (Å²) < 4.78 is 0. The Hall–Kier alpha value is -0.830. The molecule has 0 aliphatic rings. The molecule has 0 aromatic carbocycles. The first kappa shape index (κ1) is 12.2. The lowest BCUT2D eigenvalue weighted by Crippen LogP contribution is -2.32. The van der Waals surface area contributed by atoms with E-state index >= 15 is 0 Å². The molecule has 1 rings (SSSR count). The first-order chi connectivity index (χ1) is 7.04. The highest BCUT2D eigenvalue weighted by Crippen LogP contribution is 2.18. The van der Waals surface area contributed by atoms with Crippen molar-refractivity contribution < 1.29 is 0 Å². The second-order valence-corrected chi connectivity index (χ2v) is 4.27. The van der Waals surface area contributed by atoms with Crippen LogP contribution >= 0.6 is 11.6 Å². The van der Waals surface area contributed by atoms with Crippen molar-refractivity contribution in [3.05, 3.63) is 17.0 Å². The zero-order chi connectivity index (χ0) is 11.4. The summed E-state index contributed by atoms with van der Waals surface area (Å²) >= 11 is 5.92. The smallest absolute Gasteiger partial charge is 0.134 e. The van der Waals surface area contributed by atoms with Gasteiger partial charge in [-0.15, -0.1) is 0 Å². The molecular weight excluding hydrogens is 210 g/mol. The Morgan fingerprint density at radius 1 is 1.40 bits per heavy atom. The molecule has 0 unspecified atom stereocenters. The van der Waals surface area contributed by atoms with Crippen LogP contribution in [0.15, 0.2) is 6.07 Å². The van der Waals surface area contributed by atoms with Gasteiger partial charge in [-0.2, -0.15) is 0 Å². The topological polar surface area (TPSA) is 29.0 Å². The van der Waals surface area contributed by atoms with E-state index in [4.69, 9.17) is 11.6 Å². The lowest BCUT2D eigenvalue weighted by molar-refractivity contribution is 0.659. The summed E-state index contributed by atoms with van der Waals surface area (Å²) in [7, 11) is 0. The molecule has 0 atom stereocenters. The van der Waals surface area contributed by atoms with Crippen molar-refractivity contribution in [2.45, 2.75) is 40.2 Å². The third-order valence-electron chi connectivity index (χ3n) is 2.18. The van der Waals surface area contributed by atoms with Gasteiger partial charge < -0.3 is 4.90 Å². The predicted octanol–water partition coefficient (Wildman–Crippen LogP) is 3.06. The second-order valence-electron chi connectivity index (χ2n) is 3.88. The van der Waals surface area contributed by atoms with Gasteiger partial charge in [0.1, 0.15) is 16.8 Å². The molecule has 0 bridgehead atoms. The normalized spacial score (nSPS) is 10.8. The van der Waals surface area contributed by atoms with Crippen LogP contribution in [-0.4, -0.2) is 22.6 Å². The third-order valence-corrected chi connectivity index (χ3v) is 2.37. The van der Waals surface area contributed by atoms with Crippen LogP contribution in [0.5, 0.6) is 0 Å². The van der Waals surface area contributed by atoms with Gasteiger partial charge in [0.25, 0.3) is 0 Å². The van der Waals surface area contributed by atoms with Gasteiger partial charge in [-0.05, 0) is 27.2 Å². The Balaban J connectivity index is 2.99. The zero-order valence-electron chi connectivity index (χ0n) is 9.79. The Morgan fingerprint density at radius 2 is 2.07 bits per heavy atom. The van der Waals surface area contributed by atoms with Gasteiger partial charge in [0.15, 0.2) is 0 Å². The molecule has 0 saturated heterocycles. The highest BCUT2D eigenvalue weighted by atomic mass is 35.5. The molecule has 1 aromatic rings. The lowest BCUT2D eigenvalue weighted by Gasteiger charge is -2.27.